The Hall–Kier alpha value is -2.69. The van der Waals surface area contributed by atoms with E-state index in [1.807, 2.05) is 18.2 Å². The second-order valence-corrected chi connectivity index (χ2v) is 10.3. The van der Waals surface area contributed by atoms with Gasteiger partial charge in [-0.15, -0.1) is 11.3 Å². The lowest BCUT2D eigenvalue weighted by atomic mass is 10.2. The molecule has 1 aliphatic rings. The van der Waals surface area contributed by atoms with E-state index in [-0.39, 0.29) is 21.0 Å². The Balaban J connectivity index is 1.67. The number of nitrogens with one attached hydrogen (secondary N) is 1. The summed E-state index contributed by atoms with van der Waals surface area (Å²) in [6.45, 7) is 2.65. The van der Waals surface area contributed by atoms with Crippen molar-refractivity contribution < 1.29 is 13.2 Å². The highest BCUT2D eigenvalue weighted by molar-refractivity contribution is 7.89. The SMILES string of the molecule is Cc1c(NC(=O)c2sccc2S(=O)(=O)N2CCCCC2)c(=O)n(-c2ccccc2)n1C. The molecule has 1 saturated heterocycles. The first-order valence-electron chi connectivity index (χ1n) is 10.1. The lowest BCUT2D eigenvalue weighted by molar-refractivity contribution is 0.102. The number of aromatic nitrogens is 2. The molecule has 0 aliphatic carbocycles. The number of anilines is 1. The molecule has 3 aromatic rings. The molecule has 4 rings (SSSR count). The molecule has 164 valence electrons. The second-order valence-electron chi connectivity index (χ2n) is 7.47. The number of nitrogens with zero attached hydrogens (tertiary/aromatic N) is 3. The van der Waals surface area contributed by atoms with Crippen molar-refractivity contribution in [3.05, 3.63) is 62.7 Å². The van der Waals surface area contributed by atoms with Crippen molar-refractivity contribution in [3.8, 4) is 5.69 Å². The van der Waals surface area contributed by atoms with E-state index in [2.05, 4.69) is 5.32 Å². The topological polar surface area (TPSA) is 93.4 Å². The highest BCUT2D eigenvalue weighted by atomic mass is 32.2. The van der Waals surface area contributed by atoms with Gasteiger partial charge in [0.05, 0.1) is 11.4 Å². The smallest absolute Gasteiger partial charge is 0.295 e. The van der Waals surface area contributed by atoms with E-state index in [1.54, 1.807) is 36.2 Å². The minimum Gasteiger partial charge on any atom is -0.315 e. The van der Waals surface area contributed by atoms with Crippen molar-refractivity contribution in [2.24, 2.45) is 7.05 Å². The number of piperidine rings is 1. The number of para-hydroxylation sites is 1. The summed E-state index contributed by atoms with van der Waals surface area (Å²) in [5.74, 6) is -0.600. The molecule has 3 heterocycles. The Morgan fingerprint density at radius 2 is 1.74 bits per heavy atom. The highest BCUT2D eigenvalue weighted by Gasteiger charge is 2.31. The quantitative estimate of drug-likeness (QED) is 0.633. The Bertz CT molecular complexity index is 1270. The molecule has 0 saturated carbocycles. The Morgan fingerprint density at radius 3 is 2.42 bits per heavy atom. The van der Waals surface area contributed by atoms with E-state index >= 15 is 0 Å². The zero-order chi connectivity index (χ0) is 22.2. The fraction of sp³-hybridized carbons (Fsp3) is 0.333. The van der Waals surface area contributed by atoms with Gasteiger partial charge in [0.2, 0.25) is 10.0 Å². The average Bonchev–Trinajstić information content (AvgIpc) is 3.36. The zero-order valence-corrected chi connectivity index (χ0v) is 19.0. The number of carbonyl (C=O) groups excluding carboxylic acids is 1. The van der Waals surface area contributed by atoms with Gasteiger partial charge in [0.1, 0.15) is 15.5 Å². The average molecular weight is 461 g/mol. The normalized spacial score (nSPS) is 15.2. The van der Waals surface area contributed by atoms with E-state index in [4.69, 9.17) is 0 Å². The third-order valence-electron chi connectivity index (χ3n) is 5.56. The molecule has 0 atom stereocenters. The van der Waals surface area contributed by atoms with Crippen molar-refractivity contribution in [2.45, 2.75) is 31.1 Å². The van der Waals surface area contributed by atoms with Crippen LogP contribution in [-0.4, -0.2) is 41.1 Å². The molecule has 2 aromatic heterocycles. The van der Waals surface area contributed by atoms with Gasteiger partial charge in [-0.2, -0.15) is 4.31 Å². The predicted molar refractivity (Wildman–Crippen MR) is 121 cm³/mol. The molecule has 0 radical (unpaired) electrons. The van der Waals surface area contributed by atoms with Gasteiger partial charge in [-0.05, 0) is 43.3 Å². The Kier molecular flexibility index (Phi) is 5.87. The molecular weight excluding hydrogens is 436 g/mol. The number of sulfonamides is 1. The number of amides is 1. The lowest BCUT2D eigenvalue weighted by Crippen LogP contribution is -2.36. The fourth-order valence-electron chi connectivity index (χ4n) is 3.79. The van der Waals surface area contributed by atoms with Crippen LogP contribution in [0.25, 0.3) is 5.69 Å². The monoisotopic (exact) mass is 460 g/mol. The summed E-state index contributed by atoms with van der Waals surface area (Å²) < 4.78 is 30.7. The number of hydrogen-bond acceptors (Lipinski definition) is 5. The molecule has 0 unspecified atom stereocenters. The van der Waals surface area contributed by atoms with Crippen molar-refractivity contribution >= 4 is 33.0 Å². The van der Waals surface area contributed by atoms with E-state index in [0.717, 1.165) is 30.6 Å². The maximum Gasteiger partial charge on any atom is 0.295 e. The van der Waals surface area contributed by atoms with Gasteiger partial charge < -0.3 is 5.32 Å². The van der Waals surface area contributed by atoms with Gasteiger partial charge >= 0.3 is 0 Å². The van der Waals surface area contributed by atoms with Crippen LogP contribution in [-0.2, 0) is 17.1 Å². The first-order chi connectivity index (χ1) is 14.8. The fourth-order valence-corrected chi connectivity index (χ4v) is 6.61. The molecule has 0 bridgehead atoms. The van der Waals surface area contributed by atoms with Crippen molar-refractivity contribution in [1.82, 2.24) is 13.7 Å². The van der Waals surface area contributed by atoms with Crippen LogP contribution in [0.1, 0.15) is 34.6 Å². The summed E-state index contributed by atoms with van der Waals surface area (Å²) >= 11 is 1.05. The molecule has 1 aliphatic heterocycles. The lowest BCUT2D eigenvalue weighted by Gasteiger charge is -2.25. The van der Waals surface area contributed by atoms with Gasteiger partial charge in [0, 0.05) is 20.1 Å². The summed E-state index contributed by atoms with van der Waals surface area (Å²) in [7, 11) is -2.03. The minimum atomic E-state index is -3.76. The second kappa shape index (κ2) is 8.45. The van der Waals surface area contributed by atoms with Crippen LogP contribution in [0.5, 0.6) is 0 Å². The first-order valence-corrected chi connectivity index (χ1v) is 12.4. The molecular formula is C21H24N4O4S2. The van der Waals surface area contributed by atoms with Gasteiger partial charge in [0.25, 0.3) is 11.5 Å². The van der Waals surface area contributed by atoms with Crippen LogP contribution in [0.15, 0.2) is 51.5 Å². The molecule has 31 heavy (non-hydrogen) atoms. The largest absolute Gasteiger partial charge is 0.315 e. The van der Waals surface area contributed by atoms with Crippen LogP contribution in [0, 0.1) is 6.92 Å². The van der Waals surface area contributed by atoms with Gasteiger partial charge in [0.15, 0.2) is 0 Å². The number of thiophene rings is 1. The number of rotatable bonds is 5. The van der Waals surface area contributed by atoms with Crippen molar-refractivity contribution in [3.63, 3.8) is 0 Å². The number of carbonyl (C=O) groups is 1. The van der Waals surface area contributed by atoms with Crippen LogP contribution in [0.4, 0.5) is 5.69 Å². The highest BCUT2D eigenvalue weighted by Crippen LogP contribution is 2.28. The summed E-state index contributed by atoms with van der Waals surface area (Å²) in [5.41, 5.74) is 0.991. The van der Waals surface area contributed by atoms with Crippen molar-refractivity contribution in [1.29, 1.82) is 0 Å². The Labute approximate surface area is 184 Å². The maximum absolute atomic E-state index is 13.1. The molecule has 8 nitrogen and oxygen atoms in total. The predicted octanol–water partition coefficient (Wildman–Crippen LogP) is 2.97. The van der Waals surface area contributed by atoms with Gasteiger partial charge in [-0.25, -0.2) is 13.1 Å². The molecule has 1 N–H and O–H groups in total. The summed E-state index contributed by atoms with van der Waals surface area (Å²) in [6, 6.07) is 10.6. The summed E-state index contributed by atoms with van der Waals surface area (Å²) in [4.78, 5) is 26.2. The van der Waals surface area contributed by atoms with E-state index in [9.17, 15) is 18.0 Å². The first kappa shape index (κ1) is 21.5. The minimum absolute atomic E-state index is 0.00568. The summed E-state index contributed by atoms with van der Waals surface area (Å²) in [5, 5.41) is 4.25. The molecule has 1 amide bonds. The van der Waals surface area contributed by atoms with Gasteiger partial charge in [-0.3, -0.25) is 14.3 Å². The standard InChI is InChI=1S/C21H24N4O4S2/c1-15-18(21(27)25(23(15)2)16-9-5-3-6-10-16)22-20(26)19-17(11-14-30-19)31(28,29)24-12-7-4-8-13-24/h3,5-6,9-11,14H,4,7-8,12-13H2,1-2H3,(H,22,26). The van der Waals surface area contributed by atoms with E-state index < -0.39 is 15.9 Å². The zero-order valence-electron chi connectivity index (χ0n) is 17.4. The Morgan fingerprint density at radius 1 is 1.06 bits per heavy atom. The third-order valence-corrected chi connectivity index (χ3v) is 8.54. The third kappa shape index (κ3) is 3.86. The van der Waals surface area contributed by atoms with Crippen LogP contribution < -0.4 is 10.9 Å². The molecule has 1 aromatic carbocycles. The van der Waals surface area contributed by atoms with E-state index in [1.165, 1.54) is 15.1 Å². The van der Waals surface area contributed by atoms with Crippen LogP contribution >= 0.6 is 11.3 Å². The number of hydrogen-bond donors (Lipinski definition) is 1. The van der Waals surface area contributed by atoms with Gasteiger partial charge in [-0.1, -0.05) is 24.6 Å². The maximum atomic E-state index is 13.1. The molecule has 1 fully saturated rings. The number of benzene rings is 1. The molecule has 0 spiro atoms. The molecule has 10 heteroatoms. The van der Waals surface area contributed by atoms with Crippen LogP contribution in [0.2, 0.25) is 0 Å². The van der Waals surface area contributed by atoms with E-state index in [0.29, 0.717) is 24.5 Å². The van der Waals surface area contributed by atoms with Crippen LogP contribution in [0.3, 0.4) is 0 Å². The summed E-state index contributed by atoms with van der Waals surface area (Å²) in [6.07, 6.45) is 2.63. The van der Waals surface area contributed by atoms with Crippen molar-refractivity contribution in [2.75, 3.05) is 18.4 Å².